The first-order valence-electron chi connectivity index (χ1n) is 8.80. The van der Waals surface area contributed by atoms with E-state index in [1.807, 2.05) is 55.5 Å². The van der Waals surface area contributed by atoms with Crippen molar-refractivity contribution >= 4 is 11.9 Å². The molecule has 5 nitrogen and oxygen atoms in total. The average molecular weight is 353 g/mol. The molecule has 0 radical (unpaired) electrons. The van der Waals surface area contributed by atoms with Gasteiger partial charge in [0, 0.05) is 6.04 Å². The van der Waals surface area contributed by atoms with Crippen LogP contribution in [0.5, 0.6) is 5.75 Å². The first-order valence-corrected chi connectivity index (χ1v) is 8.80. The van der Waals surface area contributed by atoms with Crippen molar-refractivity contribution in [2.24, 2.45) is 0 Å². The third kappa shape index (κ3) is 4.85. The number of nitrogens with zero attached hydrogens (tertiary/aromatic N) is 1. The minimum atomic E-state index is -0.972. The normalized spacial score (nSPS) is 13.3. The maximum Gasteiger partial charge on any atom is 0.323 e. The Morgan fingerprint density at radius 2 is 1.92 bits per heavy atom. The summed E-state index contributed by atoms with van der Waals surface area (Å²) in [5.41, 5.74) is 3.12. The Labute approximate surface area is 153 Å². The maximum atomic E-state index is 12.5. The van der Waals surface area contributed by atoms with Crippen molar-refractivity contribution < 1.29 is 19.4 Å². The predicted octanol–water partition coefficient (Wildman–Crippen LogP) is 3.19. The fraction of sp³-hybridized carbons (Fsp3) is 0.333. The average Bonchev–Trinajstić information content (AvgIpc) is 3.44. The molecule has 1 fully saturated rings. The first-order chi connectivity index (χ1) is 12.5. The first kappa shape index (κ1) is 18.0. The third-order valence-electron chi connectivity index (χ3n) is 4.52. The molecular weight excluding hydrogens is 330 g/mol. The van der Waals surface area contributed by atoms with E-state index >= 15 is 0 Å². The van der Waals surface area contributed by atoms with Crippen LogP contribution in [0, 0.1) is 6.92 Å². The zero-order valence-electron chi connectivity index (χ0n) is 14.9. The molecule has 0 heterocycles. The van der Waals surface area contributed by atoms with Crippen LogP contribution in [-0.4, -0.2) is 34.5 Å². The summed E-state index contributed by atoms with van der Waals surface area (Å²) < 4.78 is 5.86. The van der Waals surface area contributed by atoms with Crippen LogP contribution in [0.25, 0.3) is 0 Å². The number of aliphatic carboxylic acids is 1. The van der Waals surface area contributed by atoms with Crippen molar-refractivity contribution in [1.29, 1.82) is 0 Å². The van der Waals surface area contributed by atoms with E-state index in [0.717, 1.165) is 24.0 Å². The van der Waals surface area contributed by atoms with Crippen molar-refractivity contribution in [3.8, 4) is 5.75 Å². The topological polar surface area (TPSA) is 66.8 Å². The van der Waals surface area contributed by atoms with E-state index in [9.17, 15) is 9.59 Å². The van der Waals surface area contributed by atoms with Crippen LogP contribution in [0.1, 0.15) is 29.5 Å². The number of carboxylic acid groups (broad SMARTS) is 1. The SMILES string of the molecule is Cc1ccccc1COc1cccc(CC(=O)N(CC(=O)O)C2CC2)c1. The van der Waals surface area contributed by atoms with Crippen LogP contribution in [0.4, 0.5) is 0 Å². The number of ether oxygens (including phenoxy) is 1. The molecule has 0 saturated heterocycles. The second kappa shape index (κ2) is 8.04. The number of aryl methyl sites for hydroxylation is 1. The zero-order valence-corrected chi connectivity index (χ0v) is 14.9. The van der Waals surface area contributed by atoms with Gasteiger partial charge in [0.15, 0.2) is 0 Å². The molecule has 2 aromatic rings. The summed E-state index contributed by atoms with van der Waals surface area (Å²) in [6, 6.07) is 15.6. The van der Waals surface area contributed by atoms with Crippen LogP contribution < -0.4 is 4.74 Å². The van der Waals surface area contributed by atoms with E-state index in [0.29, 0.717) is 12.4 Å². The van der Waals surface area contributed by atoms with E-state index in [2.05, 4.69) is 0 Å². The highest BCUT2D eigenvalue weighted by Gasteiger charge is 2.33. The Kier molecular flexibility index (Phi) is 5.56. The second-order valence-electron chi connectivity index (χ2n) is 6.69. The standard InChI is InChI=1S/C21H23NO4/c1-15-5-2-3-7-17(15)14-26-19-8-4-6-16(11-19)12-20(23)22(13-21(24)25)18-9-10-18/h2-8,11,18H,9-10,12-14H2,1H3,(H,24,25). The lowest BCUT2D eigenvalue weighted by Gasteiger charge is -2.20. The Balaban J connectivity index is 1.62. The molecule has 1 N–H and O–H groups in total. The van der Waals surface area contributed by atoms with Gasteiger partial charge in [-0.3, -0.25) is 9.59 Å². The van der Waals surface area contributed by atoms with Crippen molar-refractivity contribution in [1.82, 2.24) is 4.90 Å². The number of carboxylic acids is 1. The van der Waals surface area contributed by atoms with Gasteiger partial charge in [-0.05, 0) is 48.6 Å². The number of carbonyl (C=O) groups is 2. The predicted molar refractivity (Wildman–Crippen MR) is 98.0 cm³/mol. The van der Waals surface area contributed by atoms with E-state index in [-0.39, 0.29) is 24.9 Å². The molecule has 0 atom stereocenters. The number of carbonyl (C=O) groups excluding carboxylic acids is 1. The smallest absolute Gasteiger partial charge is 0.323 e. The molecule has 2 aromatic carbocycles. The molecule has 0 spiro atoms. The van der Waals surface area contributed by atoms with E-state index in [1.165, 1.54) is 10.5 Å². The van der Waals surface area contributed by atoms with Crippen molar-refractivity contribution in [2.75, 3.05) is 6.54 Å². The second-order valence-corrected chi connectivity index (χ2v) is 6.69. The molecule has 26 heavy (non-hydrogen) atoms. The Morgan fingerprint density at radius 1 is 1.15 bits per heavy atom. The van der Waals surface area contributed by atoms with Gasteiger partial charge in [-0.2, -0.15) is 0 Å². The lowest BCUT2D eigenvalue weighted by atomic mass is 10.1. The van der Waals surface area contributed by atoms with Gasteiger partial charge in [-0.15, -0.1) is 0 Å². The summed E-state index contributed by atoms with van der Waals surface area (Å²) in [5, 5.41) is 9.01. The van der Waals surface area contributed by atoms with Gasteiger partial charge in [0.1, 0.15) is 18.9 Å². The molecule has 0 aliphatic heterocycles. The van der Waals surface area contributed by atoms with Crippen molar-refractivity contribution in [3.05, 3.63) is 65.2 Å². The molecule has 136 valence electrons. The third-order valence-corrected chi connectivity index (χ3v) is 4.52. The summed E-state index contributed by atoms with van der Waals surface area (Å²) in [5.74, 6) is -0.415. The Morgan fingerprint density at radius 3 is 2.62 bits per heavy atom. The van der Waals surface area contributed by atoms with Crippen LogP contribution in [0.15, 0.2) is 48.5 Å². The highest BCUT2D eigenvalue weighted by atomic mass is 16.5. The van der Waals surface area contributed by atoms with Gasteiger partial charge in [-0.25, -0.2) is 0 Å². The lowest BCUT2D eigenvalue weighted by molar-refractivity contribution is -0.144. The number of benzene rings is 2. The monoisotopic (exact) mass is 353 g/mol. The van der Waals surface area contributed by atoms with E-state index in [1.54, 1.807) is 0 Å². The van der Waals surface area contributed by atoms with Crippen molar-refractivity contribution in [2.45, 2.75) is 38.8 Å². The molecule has 1 amide bonds. The summed E-state index contributed by atoms with van der Waals surface area (Å²) in [6.07, 6.45) is 1.96. The van der Waals surface area contributed by atoms with Gasteiger partial charge in [0.2, 0.25) is 5.91 Å². The fourth-order valence-corrected chi connectivity index (χ4v) is 2.91. The van der Waals surface area contributed by atoms with Crippen LogP contribution in [-0.2, 0) is 22.6 Å². The molecule has 0 unspecified atom stereocenters. The fourth-order valence-electron chi connectivity index (χ4n) is 2.91. The Hall–Kier alpha value is -2.82. The number of amides is 1. The molecular formula is C21H23NO4. The molecule has 3 rings (SSSR count). The van der Waals surface area contributed by atoms with Gasteiger partial charge >= 0.3 is 5.97 Å². The summed E-state index contributed by atoms with van der Waals surface area (Å²) in [6.45, 7) is 2.28. The Bertz CT molecular complexity index is 798. The maximum absolute atomic E-state index is 12.5. The molecule has 5 heteroatoms. The van der Waals surface area contributed by atoms with Crippen LogP contribution in [0.3, 0.4) is 0 Å². The van der Waals surface area contributed by atoms with Gasteiger partial charge < -0.3 is 14.7 Å². The number of rotatable bonds is 8. The molecule has 1 saturated carbocycles. The summed E-state index contributed by atoms with van der Waals surface area (Å²) in [7, 11) is 0. The van der Waals surface area contributed by atoms with E-state index < -0.39 is 5.97 Å². The minimum Gasteiger partial charge on any atom is -0.489 e. The number of hydrogen-bond acceptors (Lipinski definition) is 3. The molecule has 1 aliphatic carbocycles. The van der Waals surface area contributed by atoms with E-state index in [4.69, 9.17) is 9.84 Å². The quantitative estimate of drug-likeness (QED) is 0.791. The molecule has 0 bridgehead atoms. The van der Waals surface area contributed by atoms with Gasteiger partial charge in [0.25, 0.3) is 0 Å². The summed E-state index contributed by atoms with van der Waals surface area (Å²) in [4.78, 5) is 24.9. The zero-order chi connectivity index (χ0) is 18.5. The highest BCUT2D eigenvalue weighted by Crippen LogP contribution is 2.27. The largest absolute Gasteiger partial charge is 0.489 e. The van der Waals surface area contributed by atoms with Crippen LogP contribution in [0.2, 0.25) is 0 Å². The number of hydrogen-bond donors (Lipinski definition) is 1. The molecule has 1 aliphatic rings. The van der Waals surface area contributed by atoms with Gasteiger partial charge in [0.05, 0.1) is 6.42 Å². The molecule has 0 aromatic heterocycles. The van der Waals surface area contributed by atoms with Crippen LogP contribution >= 0.6 is 0 Å². The minimum absolute atomic E-state index is 0.0825. The lowest BCUT2D eigenvalue weighted by Crippen LogP contribution is -2.38. The van der Waals surface area contributed by atoms with Gasteiger partial charge in [-0.1, -0.05) is 36.4 Å². The highest BCUT2D eigenvalue weighted by molar-refractivity contribution is 5.83. The summed E-state index contributed by atoms with van der Waals surface area (Å²) >= 11 is 0. The van der Waals surface area contributed by atoms with Crippen molar-refractivity contribution in [3.63, 3.8) is 0 Å².